The summed E-state index contributed by atoms with van der Waals surface area (Å²) >= 11 is 5.69. The van der Waals surface area contributed by atoms with E-state index in [1.165, 1.54) is 0 Å². The highest BCUT2D eigenvalue weighted by Gasteiger charge is 2.35. The van der Waals surface area contributed by atoms with Gasteiger partial charge in [-0.2, -0.15) is 0 Å². The lowest BCUT2D eigenvalue weighted by atomic mass is 9.97. The number of ether oxygens (including phenoxy) is 1. The minimum atomic E-state index is -2.93. The van der Waals surface area contributed by atoms with Crippen LogP contribution >= 0.6 is 11.6 Å². The molecule has 24 heavy (non-hydrogen) atoms. The molecule has 0 saturated carbocycles. The fourth-order valence-electron chi connectivity index (χ4n) is 2.57. The van der Waals surface area contributed by atoms with Gasteiger partial charge in [0, 0.05) is 17.5 Å². The molecule has 0 bridgehead atoms. The minimum Gasteiger partial charge on any atom is -0.454 e. The third-order valence-corrected chi connectivity index (χ3v) is 3.91. The Morgan fingerprint density at radius 1 is 1.33 bits per heavy atom. The van der Waals surface area contributed by atoms with Gasteiger partial charge in [0.15, 0.2) is 11.5 Å². The van der Waals surface area contributed by atoms with Gasteiger partial charge in [-0.25, -0.2) is 22.9 Å². The summed E-state index contributed by atoms with van der Waals surface area (Å²) < 4.78 is 45.9. The van der Waals surface area contributed by atoms with E-state index in [1.54, 1.807) is 13.8 Å². The van der Waals surface area contributed by atoms with Crippen LogP contribution in [0.2, 0.25) is 5.02 Å². The molecule has 3 rings (SSSR count). The van der Waals surface area contributed by atoms with Crippen LogP contribution in [0.15, 0.2) is 18.3 Å². The molecular weight excluding hydrogens is 345 g/mol. The van der Waals surface area contributed by atoms with Crippen molar-refractivity contribution in [2.75, 3.05) is 0 Å². The van der Waals surface area contributed by atoms with E-state index in [2.05, 4.69) is 9.97 Å². The number of fused-ring (bicyclic) bond motifs is 1. The molecule has 0 N–H and O–H groups in total. The monoisotopic (exact) mass is 356 g/mol. The number of halogens is 4. The summed E-state index contributed by atoms with van der Waals surface area (Å²) in [5.41, 5.74) is -1.70. The maximum absolute atomic E-state index is 14.3. The van der Waals surface area contributed by atoms with Crippen LogP contribution in [0.4, 0.5) is 13.2 Å². The number of esters is 1. The predicted molar refractivity (Wildman–Crippen MR) is 80.6 cm³/mol. The van der Waals surface area contributed by atoms with Crippen LogP contribution in [0.3, 0.4) is 0 Å². The lowest BCUT2D eigenvalue weighted by Crippen LogP contribution is -2.37. The van der Waals surface area contributed by atoms with Crippen molar-refractivity contribution >= 4 is 17.6 Å². The molecule has 126 valence electrons. The zero-order chi connectivity index (χ0) is 17.6. The van der Waals surface area contributed by atoms with Crippen molar-refractivity contribution in [1.29, 1.82) is 0 Å². The number of aromatic nitrogens is 2. The summed E-state index contributed by atoms with van der Waals surface area (Å²) in [7, 11) is 0. The highest BCUT2D eigenvalue weighted by molar-refractivity contribution is 6.31. The van der Waals surface area contributed by atoms with Crippen LogP contribution < -0.4 is 0 Å². The molecule has 1 aliphatic rings. The molecule has 0 spiro atoms. The van der Waals surface area contributed by atoms with Crippen molar-refractivity contribution in [2.45, 2.75) is 32.3 Å². The smallest absolute Gasteiger partial charge is 0.359 e. The van der Waals surface area contributed by atoms with Crippen LogP contribution in [0.25, 0.3) is 11.3 Å². The van der Waals surface area contributed by atoms with Crippen LogP contribution in [-0.2, 0) is 11.2 Å². The Bertz CT molecular complexity index is 840. The second kappa shape index (κ2) is 5.73. The molecule has 0 atom stereocenters. The number of rotatable bonds is 2. The maximum Gasteiger partial charge on any atom is 0.359 e. The first-order valence-electron chi connectivity index (χ1n) is 7.05. The third-order valence-electron chi connectivity index (χ3n) is 3.62. The average Bonchev–Trinajstić information content (AvgIpc) is 2.48. The second-order valence-corrected chi connectivity index (χ2v) is 6.41. The Morgan fingerprint density at radius 2 is 2.04 bits per heavy atom. The number of nitrogens with zero attached hydrogens (tertiary/aromatic N) is 2. The summed E-state index contributed by atoms with van der Waals surface area (Å²) in [6.45, 7) is 3.43. The fraction of sp³-hybridized carbons (Fsp3) is 0.312. The number of hydrogen-bond acceptors (Lipinski definition) is 4. The first-order valence-corrected chi connectivity index (χ1v) is 7.43. The lowest BCUT2D eigenvalue weighted by molar-refractivity contribution is -0.00813. The van der Waals surface area contributed by atoms with Crippen molar-refractivity contribution < 1.29 is 22.7 Å². The predicted octanol–water partition coefficient (Wildman–Crippen LogP) is 4.37. The van der Waals surface area contributed by atoms with Crippen molar-refractivity contribution in [3.63, 3.8) is 0 Å². The lowest BCUT2D eigenvalue weighted by Gasteiger charge is -2.29. The number of alkyl halides is 2. The zero-order valence-electron chi connectivity index (χ0n) is 12.7. The Morgan fingerprint density at radius 3 is 2.71 bits per heavy atom. The van der Waals surface area contributed by atoms with Gasteiger partial charge in [-0.1, -0.05) is 17.7 Å². The number of cyclic esters (lactones) is 1. The Balaban J connectivity index is 2.18. The molecule has 1 aromatic carbocycles. The van der Waals surface area contributed by atoms with Gasteiger partial charge in [0.25, 0.3) is 6.43 Å². The maximum atomic E-state index is 14.3. The molecule has 1 aliphatic heterocycles. The number of carbonyl (C=O) groups is 1. The van der Waals surface area contributed by atoms with E-state index in [0.29, 0.717) is 12.1 Å². The number of benzene rings is 1. The number of hydrogen-bond donors (Lipinski definition) is 0. The van der Waals surface area contributed by atoms with E-state index in [0.717, 1.165) is 18.3 Å². The van der Waals surface area contributed by atoms with Crippen LogP contribution in [0.5, 0.6) is 0 Å². The highest BCUT2D eigenvalue weighted by Crippen LogP contribution is 2.36. The van der Waals surface area contributed by atoms with Gasteiger partial charge in [-0.3, -0.25) is 4.98 Å². The minimum absolute atomic E-state index is 0.105. The van der Waals surface area contributed by atoms with Crippen molar-refractivity contribution in [2.24, 2.45) is 0 Å². The molecule has 0 unspecified atom stereocenters. The molecule has 0 aliphatic carbocycles. The highest BCUT2D eigenvalue weighted by atomic mass is 35.5. The van der Waals surface area contributed by atoms with Gasteiger partial charge in [-0.15, -0.1) is 0 Å². The molecular formula is C16H12ClF3N2O2. The van der Waals surface area contributed by atoms with Gasteiger partial charge < -0.3 is 4.74 Å². The summed E-state index contributed by atoms with van der Waals surface area (Å²) in [6, 6.07) is 2.07. The van der Waals surface area contributed by atoms with Crippen LogP contribution in [0.1, 0.15) is 42.0 Å². The molecule has 8 heteroatoms. The van der Waals surface area contributed by atoms with E-state index >= 15 is 0 Å². The Labute approximate surface area is 140 Å². The third kappa shape index (κ3) is 2.84. The van der Waals surface area contributed by atoms with E-state index in [1.807, 2.05) is 0 Å². The van der Waals surface area contributed by atoms with Crippen LogP contribution in [-0.4, -0.2) is 21.5 Å². The molecule has 1 aromatic heterocycles. The van der Waals surface area contributed by atoms with E-state index in [-0.39, 0.29) is 16.4 Å². The molecule has 0 radical (unpaired) electrons. The first kappa shape index (κ1) is 16.7. The first-order chi connectivity index (χ1) is 11.2. The van der Waals surface area contributed by atoms with Gasteiger partial charge in [0.05, 0.1) is 22.6 Å². The Kier molecular flexibility index (Phi) is 3.99. The standard InChI is InChI=1S/C16H12ClF3N2O2/c1-16(2)5-9-13(15(23)24-16)22-10(6-21-9)11-7(14(19)20)3-4-8(17)12(11)18/h3-4,6,14H,5H2,1-2H3. The summed E-state index contributed by atoms with van der Waals surface area (Å²) in [5.74, 6) is -1.76. The zero-order valence-corrected chi connectivity index (χ0v) is 13.5. The molecule has 0 saturated heterocycles. The normalized spacial score (nSPS) is 16.0. The molecule has 0 amide bonds. The van der Waals surface area contributed by atoms with E-state index < -0.39 is 34.9 Å². The Hall–Kier alpha value is -2.15. The summed E-state index contributed by atoms with van der Waals surface area (Å²) in [4.78, 5) is 20.2. The molecule has 4 nitrogen and oxygen atoms in total. The van der Waals surface area contributed by atoms with E-state index in [4.69, 9.17) is 16.3 Å². The van der Waals surface area contributed by atoms with E-state index in [9.17, 15) is 18.0 Å². The van der Waals surface area contributed by atoms with Crippen LogP contribution in [0, 0.1) is 5.82 Å². The van der Waals surface area contributed by atoms with Crippen molar-refractivity contribution in [1.82, 2.24) is 9.97 Å². The quantitative estimate of drug-likeness (QED) is 0.750. The van der Waals surface area contributed by atoms with Gasteiger partial charge in [-0.05, 0) is 19.9 Å². The topological polar surface area (TPSA) is 52.1 Å². The number of carbonyl (C=O) groups excluding carboxylic acids is 1. The largest absolute Gasteiger partial charge is 0.454 e. The van der Waals surface area contributed by atoms with Gasteiger partial charge in [0.2, 0.25) is 0 Å². The van der Waals surface area contributed by atoms with Crippen molar-refractivity contribution in [3.05, 3.63) is 46.1 Å². The average molecular weight is 357 g/mol. The summed E-state index contributed by atoms with van der Waals surface area (Å²) in [6.07, 6.45) is -1.45. The molecule has 0 fully saturated rings. The SMILES string of the molecule is CC1(C)Cc2ncc(-c3c(C(F)F)ccc(Cl)c3F)nc2C(=O)O1. The van der Waals surface area contributed by atoms with Gasteiger partial charge >= 0.3 is 5.97 Å². The second-order valence-electron chi connectivity index (χ2n) is 6.00. The fourth-order valence-corrected chi connectivity index (χ4v) is 2.73. The molecule has 2 heterocycles. The molecule has 2 aromatic rings. The van der Waals surface area contributed by atoms with Gasteiger partial charge in [0.1, 0.15) is 5.60 Å². The van der Waals surface area contributed by atoms with Crippen molar-refractivity contribution in [3.8, 4) is 11.3 Å². The summed E-state index contributed by atoms with van der Waals surface area (Å²) in [5, 5.41) is -0.322.